The second-order valence-corrected chi connectivity index (χ2v) is 9.46. The first kappa shape index (κ1) is 23.6. The molecule has 4 nitrogen and oxygen atoms in total. The third-order valence-electron chi connectivity index (χ3n) is 4.46. The summed E-state index contributed by atoms with van der Waals surface area (Å²) in [6.07, 6.45) is 1.56. The fourth-order valence-corrected chi connectivity index (χ4v) is 3.94. The number of benzene rings is 3. The Hall–Kier alpha value is -2.09. The molecule has 1 amide bonds. The molecule has 0 radical (unpaired) electrons. The summed E-state index contributed by atoms with van der Waals surface area (Å²) in [7, 11) is 0. The molecule has 0 fully saturated rings. The number of hydrogen-bond acceptors (Lipinski definition) is 3. The van der Waals surface area contributed by atoms with Crippen molar-refractivity contribution >= 4 is 74.5 Å². The van der Waals surface area contributed by atoms with Crippen LogP contribution in [0.1, 0.15) is 16.7 Å². The normalized spacial score (nSPS) is 11.0. The first-order valence-electron chi connectivity index (χ1n) is 9.22. The van der Waals surface area contributed by atoms with Gasteiger partial charge in [-0.1, -0.05) is 35.9 Å². The number of rotatable bonds is 6. The van der Waals surface area contributed by atoms with Crippen molar-refractivity contribution in [2.75, 3.05) is 5.32 Å². The van der Waals surface area contributed by atoms with Crippen molar-refractivity contribution in [3.8, 4) is 11.8 Å². The number of carbonyl (C=O) groups excluding carboxylic acids is 1. The Balaban J connectivity index is 1.72. The molecule has 3 aromatic rings. The van der Waals surface area contributed by atoms with Gasteiger partial charge in [-0.3, -0.25) is 4.79 Å². The van der Waals surface area contributed by atoms with E-state index >= 15 is 0 Å². The summed E-state index contributed by atoms with van der Waals surface area (Å²) in [5.74, 6) is 0.260. The Labute approximate surface area is 213 Å². The molecule has 31 heavy (non-hydrogen) atoms. The smallest absolute Gasteiger partial charge is 0.266 e. The lowest BCUT2D eigenvalue weighted by Gasteiger charge is -2.10. The lowest BCUT2D eigenvalue weighted by molar-refractivity contribution is -0.112. The zero-order valence-electron chi connectivity index (χ0n) is 16.5. The van der Waals surface area contributed by atoms with Gasteiger partial charge < -0.3 is 10.1 Å². The van der Waals surface area contributed by atoms with Crippen LogP contribution >= 0.6 is 56.8 Å². The van der Waals surface area contributed by atoms with Crippen LogP contribution in [0.25, 0.3) is 6.08 Å². The summed E-state index contributed by atoms with van der Waals surface area (Å²) in [6.45, 7) is 2.28. The minimum absolute atomic E-state index is 0.00253. The Bertz CT molecular complexity index is 1190. The van der Waals surface area contributed by atoms with Crippen molar-refractivity contribution < 1.29 is 9.53 Å². The van der Waals surface area contributed by atoms with Crippen molar-refractivity contribution in [1.82, 2.24) is 0 Å². The molecule has 1 N–H and O–H groups in total. The van der Waals surface area contributed by atoms with Gasteiger partial charge in [-0.05, 0) is 111 Å². The average molecular weight is 655 g/mol. The second-order valence-electron chi connectivity index (χ2n) is 6.64. The predicted octanol–water partition coefficient (Wildman–Crippen LogP) is 6.98. The van der Waals surface area contributed by atoms with Crippen LogP contribution in [0.3, 0.4) is 0 Å². The van der Waals surface area contributed by atoms with Gasteiger partial charge in [0, 0.05) is 14.3 Å². The Kier molecular flexibility index (Phi) is 8.35. The Morgan fingerprint density at radius 1 is 1.16 bits per heavy atom. The van der Waals surface area contributed by atoms with Gasteiger partial charge >= 0.3 is 0 Å². The predicted molar refractivity (Wildman–Crippen MR) is 141 cm³/mol. The van der Waals surface area contributed by atoms with E-state index in [1.165, 1.54) is 3.57 Å². The summed E-state index contributed by atoms with van der Waals surface area (Å²) < 4.78 is 7.98. The fourth-order valence-electron chi connectivity index (χ4n) is 2.71. The maximum Gasteiger partial charge on any atom is 0.266 e. The number of nitriles is 1. The minimum Gasteiger partial charge on any atom is -0.488 e. The summed E-state index contributed by atoms with van der Waals surface area (Å²) in [5.41, 5.74) is 3.15. The SMILES string of the molecule is Cc1c(Cl)cccc1NC(=O)/C(C#N)=C\c1ccc(OCc2ccc(I)cc2)c(I)c1. The molecule has 0 aliphatic rings. The van der Waals surface area contributed by atoms with Gasteiger partial charge in [-0.2, -0.15) is 5.26 Å². The lowest BCUT2D eigenvalue weighted by Crippen LogP contribution is -2.14. The Morgan fingerprint density at radius 3 is 2.58 bits per heavy atom. The molecule has 0 saturated heterocycles. The van der Waals surface area contributed by atoms with E-state index in [2.05, 4.69) is 50.5 Å². The van der Waals surface area contributed by atoms with Crippen LogP contribution < -0.4 is 10.1 Å². The van der Waals surface area contributed by atoms with Gasteiger partial charge in [-0.25, -0.2) is 0 Å². The monoisotopic (exact) mass is 654 g/mol. The number of halogens is 3. The first-order valence-corrected chi connectivity index (χ1v) is 11.8. The molecular formula is C24H17ClI2N2O2. The minimum atomic E-state index is -0.484. The number of nitrogens with one attached hydrogen (secondary N) is 1. The molecule has 0 heterocycles. The molecule has 0 saturated carbocycles. The van der Waals surface area contributed by atoms with E-state index in [1.807, 2.05) is 55.5 Å². The van der Waals surface area contributed by atoms with Crippen molar-refractivity contribution in [2.45, 2.75) is 13.5 Å². The summed E-state index contributed by atoms with van der Waals surface area (Å²) >= 11 is 10.6. The van der Waals surface area contributed by atoms with Gasteiger partial charge in [0.2, 0.25) is 0 Å². The molecule has 3 aromatic carbocycles. The summed E-state index contributed by atoms with van der Waals surface area (Å²) in [6, 6.07) is 20.9. The van der Waals surface area contributed by atoms with Crippen molar-refractivity contribution in [3.63, 3.8) is 0 Å². The third kappa shape index (κ3) is 6.45. The van der Waals surface area contributed by atoms with Crippen molar-refractivity contribution in [3.05, 3.63) is 95.1 Å². The molecule has 0 spiro atoms. The third-order valence-corrected chi connectivity index (χ3v) is 6.43. The van der Waals surface area contributed by atoms with Crippen molar-refractivity contribution in [2.24, 2.45) is 0 Å². The van der Waals surface area contributed by atoms with Crippen LogP contribution in [0.15, 0.2) is 66.2 Å². The highest BCUT2D eigenvalue weighted by molar-refractivity contribution is 14.1. The molecule has 3 rings (SSSR count). The standard InChI is InChI=1S/C24H17ClI2N2O2/c1-15-20(25)3-2-4-22(15)29-24(30)18(13-28)11-17-7-10-23(21(27)12-17)31-14-16-5-8-19(26)9-6-16/h2-12H,14H2,1H3,(H,29,30)/b18-11-. The van der Waals surface area contributed by atoms with Crippen LogP contribution in [-0.4, -0.2) is 5.91 Å². The maximum absolute atomic E-state index is 12.6. The number of hydrogen-bond donors (Lipinski definition) is 1. The summed E-state index contributed by atoms with van der Waals surface area (Å²) in [5, 5.41) is 12.8. The topological polar surface area (TPSA) is 62.1 Å². The molecular weight excluding hydrogens is 638 g/mol. The van der Waals surface area contributed by atoms with Gasteiger partial charge in [0.25, 0.3) is 5.91 Å². The maximum atomic E-state index is 12.6. The second kappa shape index (κ2) is 11.0. The molecule has 0 atom stereocenters. The highest BCUT2D eigenvalue weighted by Crippen LogP contribution is 2.26. The molecule has 0 aliphatic heterocycles. The molecule has 0 bridgehead atoms. The summed E-state index contributed by atoms with van der Waals surface area (Å²) in [4.78, 5) is 12.6. The molecule has 0 aliphatic carbocycles. The van der Waals surface area contributed by atoms with E-state index < -0.39 is 5.91 Å². The molecule has 0 aromatic heterocycles. The van der Waals surface area contributed by atoms with E-state index in [1.54, 1.807) is 24.3 Å². The van der Waals surface area contributed by atoms with E-state index in [4.69, 9.17) is 16.3 Å². The number of amides is 1. The number of carbonyl (C=O) groups is 1. The van der Waals surface area contributed by atoms with Crippen LogP contribution in [0.4, 0.5) is 5.69 Å². The van der Waals surface area contributed by atoms with E-state index in [-0.39, 0.29) is 5.57 Å². The first-order chi connectivity index (χ1) is 14.9. The number of anilines is 1. The highest BCUT2D eigenvalue weighted by atomic mass is 127. The van der Waals surface area contributed by atoms with Crippen LogP contribution in [0, 0.1) is 25.4 Å². The zero-order chi connectivity index (χ0) is 22.4. The van der Waals surface area contributed by atoms with Gasteiger partial charge in [0.05, 0.1) is 3.57 Å². The zero-order valence-corrected chi connectivity index (χ0v) is 21.5. The largest absolute Gasteiger partial charge is 0.488 e. The van der Waals surface area contributed by atoms with E-state index in [0.717, 1.165) is 26.0 Å². The molecule has 156 valence electrons. The average Bonchev–Trinajstić information content (AvgIpc) is 2.75. The molecule has 0 unspecified atom stereocenters. The number of ether oxygens (including phenoxy) is 1. The van der Waals surface area contributed by atoms with Crippen LogP contribution in [0.5, 0.6) is 5.75 Å². The quantitative estimate of drug-likeness (QED) is 0.177. The van der Waals surface area contributed by atoms with Gasteiger partial charge in [0.1, 0.15) is 24.0 Å². The van der Waals surface area contributed by atoms with Crippen LogP contribution in [-0.2, 0) is 11.4 Å². The number of nitrogens with zero attached hydrogens (tertiary/aromatic N) is 1. The van der Waals surface area contributed by atoms with Crippen LogP contribution in [0.2, 0.25) is 5.02 Å². The van der Waals surface area contributed by atoms with E-state index in [0.29, 0.717) is 17.3 Å². The van der Waals surface area contributed by atoms with Gasteiger partial charge in [0.15, 0.2) is 0 Å². The van der Waals surface area contributed by atoms with Crippen molar-refractivity contribution in [1.29, 1.82) is 5.26 Å². The molecule has 7 heteroatoms. The fraction of sp³-hybridized carbons (Fsp3) is 0.0833. The van der Waals surface area contributed by atoms with E-state index in [9.17, 15) is 10.1 Å². The Morgan fingerprint density at radius 2 is 1.90 bits per heavy atom. The highest BCUT2D eigenvalue weighted by Gasteiger charge is 2.12. The van der Waals surface area contributed by atoms with Gasteiger partial charge in [-0.15, -0.1) is 0 Å². The lowest BCUT2D eigenvalue weighted by atomic mass is 10.1.